The first-order chi connectivity index (χ1) is 16.4. The number of piperidine rings is 1. The van der Waals surface area contributed by atoms with Crippen molar-refractivity contribution in [3.8, 4) is 5.75 Å². The van der Waals surface area contributed by atoms with Crippen LogP contribution in [0.5, 0.6) is 5.75 Å². The zero-order valence-corrected chi connectivity index (χ0v) is 19.5. The molecule has 3 amide bonds. The molecule has 0 saturated carbocycles. The fourth-order valence-electron chi connectivity index (χ4n) is 4.11. The van der Waals surface area contributed by atoms with Gasteiger partial charge in [0, 0.05) is 38.4 Å². The molecule has 1 saturated heterocycles. The second-order valence-electron chi connectivity index (χ2n) is 8.71. The average molecular weight is 460 g/mol. The molecule has 1 N–H and O–H groups in total. The van der Waals surface area contributed by atoms with Gasteiger partial charge in [-0.2, -0.15) is 0 Å². The van der Waals surface area contributed by atoms with Crippen LogP contribution in [0.1, 0.15) is 23.2 Å². The van der Waals surface area contributed by atoms with Crippen molar-refractivity contribution >= 4 is 34.2 Å². The van der Waals surface area contributed by atoms with Gasteiger partial charge >= 0.3 is 0 Å². The molecule has 3 aromatic rings. The molecule has 3 aromatic carbocycles. The molecule has 1 heterocycles. The molecular weight excluding hydrogens is 430 g/mol. The quantitative estimate of drug-likeness (QED) is 0.608. The van der Waals surface area contributed by atoms with Gasteiger partial charge in [0.25, 0.3) is 11.8 Å². The van der Waals surface area contributed by atoms with E-state index in [0.29, 0.717) is 30.1 Å². The van der Waals surface area contributed by atoms with E-state index in [1.807, 2.05) is 42.5 Å². The topological polar surface area (TPSA) is 79.0 Å². The van der Waals surface area contributed by atoms with Crippen LogP contribution in [0.2, 0.25) is 0 Å². The molecule has 0 spiro atoms. The van der Waals surface area contributed by atoms with Crippen LogP contribution in [0.25, 0.3) is 10.8 Å². The van der Waals surface area contributed by atoms with E-state index < -0.39 is 0 Å². The second kappa shape index (κ2) is 10.4. The van der Waals surface area contributed by atoms with Crippen LogP contribution in [0.4, 0.5) is 5.69 Å². The smallest absolute Gasteiger partial charge is 0.259 e. The number of nitrogens with zero attached hydrogens (tertiary/aromatic N) is 2. The molecule has 4 rings (SSSR count). The zero-order valence-electron chi connectivity index (χ0n) is 19.5. The van der Waals surface area contributed by atoms with Crippen molar-refractivity contribution in [2.45, 2.75) is 12.8 Å². The first kappa shape index (κ1) is 23.3. The summed E-state index contributed by atoms with van der Waals surface area (Å²) >= 11 is 0. The van der Waals surface area contributed by atoms with Gasteiger partial charge in [-0.1, -0.05) is 36.4 Å². The van der Waals surface area contributed by atoms with Crippen LogP contribution in [-0.4, -0.2) is 61.3 Å². The van der Waals surface area contributed by atoms with Crippen molar-refractivity contribution in [3.05, 3.63) is 72.3 Å². The molecule has 34 heavy (non-hydrogen) atoms. The molecule has 1 aliphatic rings. The van der Waals surface area contributed by atoms with Gasteiger partial charge in [0.1, 0.15) is 5.75 Å². The highest BCUT2D eigenvalue weighted by atomic mass is 16.5. The third-order valence-electron chi connectivity index (χ3n) is 6.08. The lowest BCUT2D eigenvalue weighted by Gasteiger charge is -2.32. The molecule has 1 fully saturated rings. The summed E-state index contributed by atoms with van der Waals surface area (Å²) in [6, 6.07) is 20.5. The average Bonchev–Trinajstić information content (AvgIpc) is 2.87. The molecule has 0 aliphatic carbocycles. The van der Waals surface area contributed by atoms with Crippen LogP contribution in [0.3, 0.4) is 0 Å². The van der Waals surface area contributed by atoms with Crippen LogP contribution in [0.15, 0.2) is 66.7 Å². The van der Waals surface area contributed by atoms with Crippen LogP contribution < -0.4 is 10.1 Å². The number of rotatable bonds is 6. The summed E-state index contributed by atoms with van der Waals surface area (Å²) in [7, 11) is 3.35. The first-order valence-electron chi connectivity index (χ1n) is 11.4. The van der Waals surface area contributed by atoms with Gasteiger partial charge in [0.2, 0.25) is 5.91 Å². The Morgan fingerprint density at radius 2 is 1.74 bits per heavy atom. The second-order valence-corrected chi connectivity index (χ2v) is 8.71. The maximum absolute atomic E-state index is 13.3. The normalized spacial score (nSPS) is 15.6. The lowest BCUT2D eigenvalue weighted by Crippen LogP contribution is -2.43. The summed E-state index contributed by atoms with van der Waals surface area (Å²) in [5.74, 6) is 0.00580. The van der Waals surface area contributed by atoms with Crippen molar-refractivity contribution in [1.29, 1.82) is 0 Å². The summed E-state index contributed by atoms with van der Waals surface area (Å²) in [6.07, 6.45) is 1.51. The third kappa shape index (κ3) is 5.36. The van der Waals surface area contributed by atoms with E-state index in [-0.39, 0.29) is 30.2 Å². The standard InChI is InChI=1S/C27H29N3O4/c1-29(2)25(31)18-34-22-14-12-21(13-15-22)28-26(32)20-9-6-16-30(17-20)27(33)24-11-5-8-19-7-3-4-10-23(19)24/h3-5,7-8,10-15,20H,6,9,16-18H2,1-2H3,(H,28,32). The predicted molar refractivity (Wildman–Crippen MR) is 132 cm³/mol. The Bertz CT molecular complexity index is 1180. The van der Waals surface area contributed by atoms with Gasteiger partial charge in [-0.3, -0.25) is 14.4 Å². The lowest BCUT2D eigenvalue weighted by molar-refractivity contribution is -0.130. The molecule has 1 aliphatic heterocycles. The van der Waals surface area contributed by atoms with Gasteiger partial charge in [-0.05, 0) is 53.9 Å². The van der Waals surface area contributed by atoms with Crippen molar-refractivity contribution in [3.63, 3.8) is 0 Å². The Hall–Kier alpha value is -3.87. The van der Waals surface area contributed by atoms with Gasteiger partial charge in [0.15, 0.2) is 6.61 Å². The maximum atomic E-state index is 13.3. The minimum absolute atomic E-state index is 0.0388. The van der Waals surface area contributed by atoms with E-state index in [1.54, 1.807) is 43.3 Å². The highest BCUT2D eigenvalue weighted by Gasteiger charge is 2.29. The van der Waals surface area contributed by atoms with E-state index in [4.69, 9.17) is 4.74 Å². The fraction of sp³-hybridized carbons (Fsp3) is 0.296. The molecule has 7 heteroatoms. The van der Waals surface area contributed by atoms with Crippen LogP contribution in [0, 0.1) is 5.92 Å². The number of anilines is 1. The van der Waals surface area contributed by atoms with E-state index in [2.05, 4.69) is 5.32 Å². The Kier molecular flexibility index (Phi) is 7.11. The van der Waals surface area contributed by atoms with Crippen molar-refractivity contribution < 1.29 is 19.1 Å². The van der Waals surface area contributed by atoms with Crippen LogP contribution >= 0.6 is 0 Å². The monoisotopic (exact) mass is 459 g/mol. The number of hydrogen-bond donors (Lipinski definition) is 1. The number of likely N-dealkylation sites (N-methyl/N-ethyl adjacent to an activating group) is 1. The van der Waals surface area contributed by atoms with Gasteiger partial charge in [-0.15, -0.1) is 0 Å². The number of hydrogen-bond acceptors (Lipinski definition) is 4. The van der Waals surface area contributed by atoms with Gasteiger partial charge < -0.3 is 19.9 Å². The van der Waals surface area contributed by atoms with E-state index in [1.165, 1.54) is 4.90 Å². The van der Waals surface area contributed by atoms with Crippen molar-refractivity contribution in [1.82, 2.24) is 9.80 Å². The van der Waals surface area contributed by atoms with E-state index in [0.717, 1.165) is 23.6 Å². The molecule has 0 aromatic heterocycles. The highest BCUT2D eigenvalue weighted by molar-refractivity contribution is 6.07. The number of ether oxygens (including phenoxy) is 1. The predicted octanol–water partition coefficient (Wildman–Crippen LogP) is 3.80. The summed E-state index contributed by atoms with van der Waals surface area (Å²) < 4.78 is 5.47. The first-order valence-corrected chi connectivity index (χ1v) is 11.4. The molecule has 0 radical (unpaired) electrons. The van der Waals surface area contributed by atoms with Crippen molar-refractivity contribution in [2.75, 3.05) is 39.1 Å². The van der Waals surface area contributed by atoms with Crippen molar-refractivity contribution in [2.24, 2.45) is 5.92 Å². The number of benzene rings is 3. The third-order valence-corrected chi connectivity index (χ3v) is 6.08. The van der Waals surface area contributed by atoms with Gasteiger partial charge in [-0.25, -0.2) is 0 Å². The number of nitrogens with one attached hydrogen (secondary N) is 1. The highest BCUT2D eigenvalue weighted by Crippen LogP contribution is 2.25. The summed E-state index contributed by atoms with van der Waals surface area (Å²) in [5.41, 5.74) is 1.32. The molecule has 176 valence electrons. The Labute approximate surface area is 199 Å². The largest absolute Gasteiger partial charge is 0.484 e. The maximum Gasteiger partial charge on any atom is 0.259 e. The SMILES string of the molecule is CN(C)C(=O)COc1ccc(NC(=O)C2CCCN(C(=O)c3cccc4ccccc34)C2)cc1. The summed E-state index contributed by atoms with van der Waals surface area (Å²) in [5, 5.41) is 4.90. The number of amides is 3. The fourth-order valence-corrected chi connectivity index (χ4v) is 4.11. The molecule has 7 nitrogen and oxygen atoms in total. The number of carbonyl (C=O) groups is 3. The summed E-state index contributed by atoms with van der Waals surface area (Å²) in [4.78, 5) is 41.1. The molecular formula is C27H29N3O4. The summed E-state index contributed by atoms with van der Waals surface area (Å²) in [6.45, 7) is 0.993. The zero-order chi connectivity index (χ0) is 24.1. The number of fused-ring (bicyclic) bond motifs is 1. The number of carbonyl (C=O) groups excluding carboxylic acids is 3. The van der Waals surface area contributed by atoms with E-state index >= 15 is 0 Å². The number of likely N-dealkylation sites (tertiary alicyclic amines) is 1. The Morgan fingerprint density at radius 1 is 1.00 bits per heavy atom. The molecule has 0 bridgehead atoms. The van der Waals surface area contributed by atoms with Crippen LogP contribution in [-0.2, 0) is 9.59 Å². The van der Waals surface area contributed by atoms with Gasteiger partial charge in [0.05, 0.1) is 5.92 Å². The molecule has 1 unspecified atom stereocenters. The van der Waals surface area contributed by atoms with E-state index in [9.17, 15) is 14.4 Å². The lowest BCUT2D eigenvalue weighted by atomic mass is 9.95. The minimum Gasteiger partial charge on any atom is -0.484 e. The molecule has 1 atom stereocenters. The minimum atomic E-state index is -0.277. The Balaban J connectivity index is 1.37. The Morgan fingerprint density at radius 3 is 2.50 bits per heavy atom.